The second-order valence-corrected chi connectivity index (χ2v) is 6.20. The Balaban J connectivity index is 2.44. The zero-order valence-electron chi connectivity index (χ0n) is 11.2. The number of nitrogens with two attached hydrogens (primary N) is 1. The van der Waals surface area contributed by atoms with Crippen molar-refractivity contribution in [3.63, 3.8) is 0 Å². The van der Waals surface area contributed by atoms with Gasteiger partial charge in [-0.25, -0.2) is 4.79 Å². The molecule has 2 N–H and O–H groups in total. The molecule has 0 bridgehead atoms. The van der Waals surface area contributed by atoms with Crippen molar-refractivity contribution in [2.75, 3.05) is 4.90 Å². The van der Waals surface area contributed by atoms with Crippen LogP contribution in [-0.4, -0.2) is 16.4 Å². The van der Waals surface area contributed by atoms with Crippen molar-refractivity contribution in [3.05, 3.63) is 40.6 Å². The molecule has 1 aliphatic rings. The average molecular weight is 311 g/mol. The standard InChI is InChI=1S/C14H15ClN2O2S/c1-3-9-4-5-10(6-11(9)15)17(14(16)19)12-7-13(18)20-8(12)2/h4-8H,3H2,1-2H3,(H2,16,19). The molecule has 4 nitrogen and oxygen atoms in total. The Bertz CT molecular complexity index is 601. The summed E-state index contributed by atoms with van der Waals surface area (Å²) in [6.07, 6.45) is 2.25. The summed E-state index contributed by atoms with van der Waals surface area (Å²) < 4.78 is 0. The van der Waals surface area contributed by atoms with Gasteiger partial charge in [0.25, 0.3) is 0 Å². The van der Waals surface area contributed by atoms with Crippen LogP contribution >= 0.6 is 23.4 Å². The van der Waals surface area contributed by atoms with Crippen LogP contribution in [-0.2, 0) is 11.2 Å². The number of urea groups is 1. The largest absolute Gasteiger partial charge is 0.351 e. The van der Waals surface area contributed by atoms with Gasteiger partial charge in [-0.1, -0.05) is 36.4 Å². The zero-order chi connectivity index (χ0) is 14.9. The molecule has 106 valence electrons. The second kappa shape index (κ2) is 5.89. The van der Waals surface area contributed by atoms with Crippen LogP contribution in [0, 0.1) is 0 Å². The molecule has 1 aromatic rings. The molecule has 20 heavy (non-hydrogen) atoms. The number of carbonyl (C=O) groups is 2. The number of aryl methyl sites for hydroxylation is 1. The Kier molecular flexibility index (Phi) is 4.40. The van der Waals surface area contributed by atoms with E-state index in [1.165, 1.54) is 22.7 Å². The average Bonchev–Trinajstić information content (AvgIpc) is 2.68. The van der Waals surface area contributed by atoms with E-state index in [-0.39, 0.29) is 10.4 Å². The summed E-state index contributed by atoms with van der Waals surface area (Å²) in [5, 5.41) is 0.399. The summed E-state index contributed by atoms with van der Waals surface area (Å²) in [6, 6.07) is 4.73. The minimum Gasteiger partial charge on any atom is -0.351 e. The fraction of sp³-hybridized carbons (Fsp3) is 0.286. The number of benzene rings is 1. The third-order valence-electron chi connectivity index (χ3n) is 3.13. The lowest BCUT2D eigenvalue weighted by atomic mass is 10.1. The van der Waals surface area contributed by atoms with Crippen molar-refractivity contribution in [2.45, 2.75) is 25.5 Å². The minimum atomic E-state index is -0.626. The molecule has 1 aliphatic heterocycles. The third kappa shape index (κ3) is 2.83. The fourth-order valence-electron chi connectivity index (χ4n) is 2.12. The van der Waals surface area contributed by atoms with Crippen molar-refractivity contribution in [2.24, 2.45) is 5.73 Å². The van der Waals surface area contributed by atoms with Crippen LogP contribution in [0.15, 0.2) is 30.0 Å². The molecule has 1 unspecified atom stereocenters. The van der Waals surface area contributed by atoms with Gasteiger partial charge in [0.15, 0.2) is 0 Å². The first-order valence-corrected chi connectivity index (χ1v) is 7.50. The monoisotopic (exact) mass is 310 g/mol. The first kappa shape index (κ1) is 14.9. The lowest BCUT2D eigenvalue weighted by molar-refractivity contribution is -0.106. The quantitative estimate of drug-likeness (QED) is 0.931. The molecule has 1 atom stereocenters. The Labute approximate surface area is 127 Å². The SMILES string of the molecule is CCc1ccc(N(C(N)=O)C2=CC(=O)SC2C)cc1Cl. The second-order valence-electron chi connectivity index (χ2n) is 4.45. The Morgan fingerprint density at radius 1 is 1.50 bits per heavy atom. The van der Waals surface area contributed by atoms with Gasteiger partial charge in [-0.2, -0.15) is 0 Å². The van der Waals surface area contributed by atoms with Crippen molar-refractivity contribution in [3.8, 4) is 0 Å². The first-order valence-electron chi connectivity index (χ1n) is 6.24. The molecular weight excluding hydrogens is 296 g/mol. The van der Waals surface area contributed by atoms with Crippen molar-refractivity contribution >= 4 is 40.2 Å². The number of anilines is 1. The molecule has 0 radical (unpaired) electrons. The van der Waals surface area contributed by atoms with Gasteiger partial charge in [0.1, 0.15) is 0 Å². The van der Waals surface area contributed by atoms with Gasteiger partial charge in [0.2, 0.25) is 5.12 Å². The van der Waals surface area contributed by atoms with Crippen LogP contribution in [0.25, 0.3) is 0 Å². The van der Waals surface area contributed by atoms with Gasteiger partial charge in [-0.05, 0) is 31.0 Å². The van der Waals surface area contributed by atoms with Gasteiger partial charge in [-0.3, -0.25) is 9.69 Å². The fourth-order valence-corrected chi connectivity index (χ4v) is 3.26. The Hall–Kier alpha value is -1.46. The highest BCUT2D eigenvalue weighted by atomic mass is 35.5. The highest BCUT2D eigenvalue weighted by Crippen LogP contribution is 2.34. The van der Waals surface area contributed by atoms with Crippen molar-refractivity contribution in [1.29, 1.82) is 0 Å². The maximum Gasteiger partial charge on any atom is 0.323 e. The van der Waals surface area contributed by atoms with Gasteiger partial charge in [-0.15, -0.1) is 0 Å². The van der Waals surface area contributed by atoms with Crippen LogP contribution < -0.4 is 10.6 Å². The van der Waals surface area contributed by atoms with Crippen LogP contribution in [0.4, 0.5) is 10.5 Å². The summed E-state index contributed by atoms with van der Waals surface area (Å²) in [7, 11) is 0. The number of amides is 2. The van der Waals surface area contributed by atoms with Gasteiger partial charge >= 0.3 is 6.03 Å². The highest BCUT2D eigenvalue weighted by Gasteiger charge is 2.29. The maximum atomic E-state index is 11.7. The Morgan fingerprint density at radius 3 is 2.65 bits per heavy atom. The summed E-state index contributed by atoms with van der Waals surface area (Å²) in [6.45, 7) is 3.86. The van der Waals surface area contributed by atoms with Crippen LogP contribution in [0.5, 0.6) is 0 Å². The molecule has 2 amide bonds. The number of carbonyl (C=O) groups excluding carboxylic acids is 2. The van der Waals surface area contributed by atoms with Gasteiger partial charge in [0.05, 0.1) is 10.9 Å². The lowest BCUT2D eigenvalue weighted by Gasteiger charge is -2.24. The predicted octanol–water partition coefficient (Wildman–Crippen LogP) is 3.33. The minimum absolute atomic E-state index is 0.0741. The number of primary amides is 1. The summed E-state index contributed by atoms with van der Waals surface area (Å²) in [5.41, 5.74) is 7.63. The Morgan fingerprint density at radius 2 is 2.20 bits per heavy atom. The van der Waals surface area contributed by atoms with E-state index in [2.05, 4.69) is 0 Å². The molecule has 1 heterocycles. The van der Waals surface area contributed by atoms with Crippen LogP contribution in [0.2, 0.25) is 5.02 Å². The topological polar surface area (TPSA) is 63.4 Å². The first-order chi connectivity index (χ1) is 9.43. The van der Waals surface area contributed by atoms with Crippen LogP contribution in [0.3, 0.4) is 0 Å². The maximum absolute atomic E-state index is 11.7. The van der Waals surface area contributed by atoms with E-state index >= 15 is 0 Å². The molecular formula is C14H15ClN2O2S. The van der Waals surface area contributed by atoms with E-state index in [1.807, 2.05) is 19.9 Å². The number of hydrogen-bond acceptors (Lipinski definition) is 3. The number of rotatable bonds is 3. The third-order valence-corrected chi connectivity index (χ3v) is 4.43. The van der Waals surface area contributed by atoms with E-state index < -0.39 is 6.03 Å². The molecule has 0 spiro atoms. The summed E-state index contributed by atoms with van der Waals surface area (Å²) >= 11 is 7.35. The summed E-state index contributed by atoms with van der Waals surface area (Å²) in [5.74, 6) is 0. The summed E-state index contributed by atoms with van der Waals surface area (Å²) in [4.78, 5) is 24.6. The van der Waals surface area contributed by atoms with E-state index in [0.29, 0.717) is 16.4 Å². The molecule has 2 rings (SSSR count). The highest BCUT2D eigenvalue weighted by molar-refractivity contribution is 8.15. The van der Waals surface area contributed by atoms with E-state index in [1.54, 1.807) is 12.1 Å². The number of thioether (sulfide) groups is 1. The van der Waals surface area contributed by atoms with Gasteiger partial charge < -0.3 is 5.73 Å². The normalized spacial score (nSPS) is 18.1. The molecule has 0 saturated heterocycles. The number of nitrogens with zero attached hydrogens (tertiary/aromatic N) is 1. The smallest absolute Gasteiger partial charge is 0.323 e. The zero-order valence-corrected chi connectivity index (χ0v) is 12.8. The predicted molar refractivity (Wildman–Crippen MR) is 83.0 cm³/mol. The molecule has 0 aliphatic carbocycles. The lowest BCUT2D eigenvalue weighted by Crippen LogP contribution is -2.37. The molecule has 0 fully saturated rings. The number of halogens is 1. The molecule has 1 aromatic carbocycles. The van der Waals surface area contributed by atoms with Crippen LogP contribution in [0.1, 0.15) is 19.4 Å². The molecule has 0 saturated carbocycles. The number of hydrogen-bond donors (Lipinski definition) is 1. The van der Waals surface area contributed by atoms with Crippen molar-refractivity contribution < 1.29 is 9.59 Å². The molecule has 0 aromatic heterocycles. The van der Waals surface area contributed by atoms with E-state index in [0.717, 1.165) is 12.0 Å². The molecule has 6 heteroatoms. The van der Waals surface area contributed by atoms with E-state index in [9.17, 15) is 9.59 Å². The van der Waals surface area contributed by atoms with Crippen molar-refractivity contribution in [1.82, 2.24) is 0 Å². The van der Waals surface area contributed by atoms with E-state index in [4.69, 9.17) is 17.3 Å². The van der Waals surface area contributed by atoms with Gasteiger partial charge in [0, 0.05) is 16.8 Å².